The summed E-state index contributed by atoms with van der Waals surface area (Å²) in [6, 6.07) is 15.2. The standard InChI is InChI=1S/C15H12Cl2N4S/c16-12-6-7-13(17)14(10-12)22-9-8-21-19-15(18-20-21)11-4-2-1-3-5-11/h1-7,10H,8-9H2. The Bertz CT molecular complexity index is 761. The van der Waals surface area contributed by atoms with Crippen LogP contribution in [0.2, 0.25) is 10.0 Å². The first-order valence-electron chi connectivity index (χ1n) is 6.63. The van der Waals surface area contributed by atoms with Gasteiger partial charge in [-0.15, -0.1) is 22.0 Å². The number of hydrogen-bond acceptors (Lipinski definition) is 4. The van der Waals surface area contributed by atoms with Gasteiger partial charge in [0.1, 0.15) is 0 Å². The van der Waals surface area contributed by atoms with E-state index in [-0.39, 0.29) is 0 Å². The van der Waals surface area contributed by atoms with Gasteiger partial charge < -0.3 is 0 Å². The number of tetrazole rings is 1. The second-order valence-electron chi connectivity index (χ2n) is 4.50. The summed E-state index contributed by atoms with van der Waals surface area (Å²) in [5.74, 6) is 1.41. The molecule has 0 aliphatic rings. The van der Waals surface area contributed by atoms with Crippen LogP contribution in [-0.4, -0.2) is 26.0 Å². The summed E-state index contributed by atoms with van der Waals surface area (Å²) < 4.78 is 0. The Labute approximate surface area is 142 Å². The lowest BCUT2D eigenvalue weighted by molar-refractivity contribution is 0.557. The quantitative estimate of drug-likeness (QED) is 0.638. The van der Waals surface area contributed by atoms with Gasteiger partial charge in [0.25, 0.3) is 0 Å². The molecular formula is C15H12Cl2N4S. The van der Waals surface area contributed by atoms with Crippen molar-refractivity contribution in [1.82, 2.24) is 20.2 Å². The molecule has 0 unspecified atom stereocenters. The first kappa shape index (κ1) is 15.3. The molecule has 0 saturated heterocycles. The number of rotatable bonds is 5. The molecule has 0 radical (unpaired) electrons. The first-order valence-corrected chi connectivity index (χ1v) is 8.37. The van der Waals surface area contributed by atoms with Gasteiger partial charge >= 0.3 is 0 Å². The van der Waals surface area contributed by atoms with Crippen LogP contribution in [0, 0.1) is 0 Å². The molecule has 7 heteroatoms. The predicted octanol–water partition coefficient (Wildman–Crippen LogP) is 4.44. The van der Waals surface area contributed by atoms with Crippen molar-refractivity contribution in [3.05, 3.63) is 58.6 Å². The highest BCUT2D eigenvalue weighted by molar-refractivity contribution is 7.99. The average Bonchev–Trinajstić information content (AvgIpc) is 3.00. The van der Waals surface area contributed by atoms with E-state index in [1.54, 1.807) is 28.7 Å². The normalized spacial score (nSPS) is 10.8. The lowest BCUT2D eigenvalue weighted by Gasteiger charge is -2.04. The molecule has 0 spiro atoms. The van der Waals surface area contributed by atoms with Crippen molar-refractivity contribution >= 4 is 35.0 Å². The highest BCUT2D eigenvalue weighted by atomic mass is 35.5. The second kappa shape index (κ2) is 7.13. The minimum Gasteiger partial charge on any atom is -0.163 e. The zero-order valence-corrected chi connectivity index (χ0v) is 13.8. The number of hydrogen-bond donors (Lipinski definition) is 0. The second-order valence-corrected chi connectivity index (χ2v) is 6.48. The van der Waals surface area contributed by atoms with Crippen LogP contribution in [0.3, 0.4) is 0 Å². The zero-order chi connectivity index (χ0) is 15.4. The van der Waals surface area contributed by atoms with Crippen LogP contribution >= 0.6 is 35.0 Å². The maximum atomic E-state index is 6.13. The van der Waals surface area contributed by atoms with Crippen LogP contribution in [0.5, 0.6) is 0 Å². The number of aromatic nitrogens is 4. The first-order chi connectivity index (χ1) is 10.7. The van der Waals surface area contributed by atoms with Gasteiger partial charge in [0.15, 0.2) is 0 Å². The Hall–Kier alpha value is -1.56. The highest BCUT2D eigenvalue weighted by Crippen LogP contribution is 2.29. The Morgan fingerprint density at radius 3 is 2.68 bits per heavy atom. The van der Waals surface area contributed by atoms with E-state index < -0.39 is 0 Å². The molecule has 112 valence electrons. The minimum absolute atomic E-state index is 0.631. The van der Waals surface area contributed by atoms with Crippen molar-refractivity contribution in [3.8, 4) is 11.4 Å². The van der Waals surface area contributed by atoms with Crippen molar-refractivity contribution in [2.75, 3.05) is 5.75 Å². The summed E-state index contributed by atoms with van der Waals surface area (Å²) in [7, 11) is 0. The molecule has 0 N–H and O–H groups in total. The highest BCUT2D eigenvalue weighted by Gasteiger charge is 2.06. The molecule has 0 aliphatic carbocycles. The number of benzene rings is 2. The van der Waals surface area contributed by atoms with Gasteiger partial charge in [-0.3, -0.25) is 0 Å². The largest absolute Gasteiger partial charge is 0.204 e. The van der Waals surface area contributed by atoms with E-state index in [0.29, 0.717) is 22.4 Å². The molecule has 3 aromatic rings. The number of nitrogens with zero attached hydrogens (tertiary/aromatic N) is 4. The Balaban J connectivity index is 1.61. The van der Waals surface area contributed by atoms with Crippen molar-refractivity contribution in [3.63, 3.8) is 0 Å². The van der Waals surface area contributed by atoms with Gasteiger partial charge in [-0.05, 0) is 23.4 Å². The molecule has 4 nitrogen and oxygen atoms in total. The molecule has 0 saturated carbocycles. The van der Waals surface area contributed by atoms with E-state index in [2.05, 4.69) is 15.4 Å². The topological polar surface area (TPSA) is 43.6 Å². The molecular weight excluding hydrogens is 339 g/mol. The van der Waals surface area contributed by atoms with E-state index in [9.17, 15) is 0 Å². The van der Waals surface area contributed by atoms with Crippen LogP contribution in [-0.2, 0) is 6.54 Å². The van der Waals surface area contributed by atoms with Gasteiger partial charge in [0.05, 0.1) is 11.6 Å². The molecule has 0 aliphatic heterocycles. The molecule has 3 rings (SSSR count). The minimum atomic E-state index is 0.631. The summed E-state index contributed by atoms with van der Waals surface area (Å²) in [5.41, 5.74) is 0.958. The lowest BCUT2D eigenvalue weighted by atomic mass is 10.2. The number of halogens is 2. The van der Waals surface area contributed by atoms with Crippen molar-refractivity contribution in [2.24, 2.45) is 0 Å². The number of aryl methyl sites for hydroxylation is 1. The summed E-state index contributed by atoms with van der Waals surface area (Å²) in [5, 5.41) is 13.9. The average molecular weight is 351 g/mol. The molecule has 0 amide bonds. The zero-order valence-electron chi connectivity index (χ0n) is 11.5. The van der Waals surface area contributed by atoms with Crippen molar-refractivity contribution < 1.29 is 0 Å². The third-order valence-electron chi connectivity index (χ3n) is 2.93. The fraction of sp³-hybridized carbons (Fsp3) is 0.133. The van der Waals surface area contributed by atoms with E-state index in [1.165, 1.54) is 0 Å². The molecule has 22 heavy (non-hydrogen) atoms. The molecule has 1 aromatic heterocycles. The van der Waals surface area contributed by atoms with E-state index in [0.717, 1.165) is 16.2 Å². The van der Waals surface area contributed by atoms with E-state index >= 15 is 0 Å². The molecule has 2 aromatic carbocycles. The third kappa shape index (κ3) is 3.80. The maximum Gasteiger partial charge on any atom is 0.204 e. The Morgan fingerprint density at radius 1 is 1.05 bits per heavy atom. The molecule has 0 fully saturated rings. The fourth-order valence-corrected chi connectivity index (χ4v) is 3.27. The fourth-order valence-electron chi connectivity index (χ4n) is 1.87. The maximum absolute atomic E-state index is 6.13. The van der Waals surface area contributed by atoms with Crippen LogP contribution in [0.25, 0.3) is 11.4 Å². The van der Waals surface area contributed by atoms with Crippen molar-refractivity contribution in [2.45, 2.75) is 11.4 Å². The van der Waals surface area contributed by atoms with Crippen LogP contribution < -0.4 is 0 Å². The van der Waals surface area contributed by atoms with Crippen molar-refractivity contribution in [1.29, 1.82) is 0 Å². The van der Waals surface area contributed by atoms with E-state index in [1.807, 2.05) is 36.4 Å². The van der Waals surface area contributed by atoms with E-state index in [4.69, 9.17) is 23.2 Å². The summed E-state index contributed by atoms with van der Waals surface area (Å²) in [4.78, 5) is 2.55. The van der Waals surface area contributed by atoms with Crippen LogP contribution in [0.1, 0.15) is 0 Å². The predicted molar refractivity (Wildman–Crippen MR) is 90.4 cm³/mol. The Kier molecular flexibility index (Phi) is 4.97. The van der Waals surface area contributed by atoms with Gasteiger partial charge in [-0.1, -0.05) is 53.5 Å². The molecule has 0 atom stereocenters. The number of thioether (sulfide) groups is 1. The lowest BCUT2D eigenvalue weighted by Crippen LogP contribution is -2.04. The van der Waals surface area contributed by atoms with Gasteiger partial charge in [-0.2, -0.15) is 4.80 Å². The third-order valence-corrected chi connectivity index (χ3v) is 4.64. The van der Waals surface area contributed by atoms with Gasteiger partial charge in [-0.25, -0.2) is 0 Å². The summed E-state index contributed by atoms with van der Waals surface area (Å²) in [6.45, 7) is 0.646. The van der Waals surface area contributed by atoms with Gasteiger partial charge in [0, 0.05) is 21.2 Å². The van der Waals surface area contributed by atoms with Crippen LogP contribution in [0.4, 0.5) is 0 Å². The smallest absolute Gasteiger partial charge is 0.163 e. The van der Waals surface area contributed by atoms with Crippen LogP contribution in [0.15, 0.2) is 53.4 Å². The molecule has 1 heterocycles. The monoisotopic (exact) mass is 350 g/mol. The van der Waals surface area contributed by atoms with Gasteiger partial charge in [0.2, 0.25) is 5.82 Å². The summed E-state index contributed by atoms with van der Waals surface area (Å²) in [6.07, 6.45) is 0. The Morgan fingerprint density at radius 2 is 1.86 bits per heavy atom. The SMILES string of the molecule is Clc1ccc(Cl)c(SCCn2nnc(-c3ccccc3)n2)c1. The summed E-state index contributed by atoms with van der Waals surface area (Å²) >= 11 is 13.7. The molecule has 0 bridgehead atoms.